The van der Waals surface area contributed by atoms with Gasteiger partial charge in [0.25, 0.3) is 0 Å². The fourth-order valence-electron chi connectivity index (χ4n) is 8.33. The van der Waals surface area contributed by atoms with Crippen LogP contribution in [-0.2, 0) is 44.8 Å². The molecule has 9 amide bonds. The summed E-state index contributed by atoms with van der Waals surface area (Å²) in [6.07, 6.45) is -0.436. The van der Waals surface area contributed by atoms with Crippen LogP contribution >= 0.6 is 0 Å². The van der Waals surface area contributed by atoms with Gasteiger partial charge in [0.1, 0.15) is 30.8 Å². The van der Waals surface area contributed by atoms with Crippen LogP contribution in [0.1, 0.15) is 114 Å². The maximum atomic E-state index is 14.1. The smallest absolute Gasteiger partial charge is 0.410 e. The Kier molecular flexibility index (Phi) is 26.8. The van der Waals surface area contributed by atoms with Crippen LogP contribution in [0.3, 0.4) is 0 Å². The minimum Gasteiger partial charge on any atom is -0.445 e. The lowest BCUT2D eigenvalue weighted by molar-refractivity contribution is -0.144. The van der Waals surface area contributed by atoms with Gasteiger partial charge in [-0.15, -0.1) is 0 Å². The number of nitrogens with one attached hydrogen (secondary N) is 6. The second-order valence-corrected chi connectivity index (χ2v) is 19.8. The average Bonchev–Trinajstić information content (AvgIpc) is 3.27. The Labute approximate surface area is 416 Å². The first kappa shape index (κ1) is 62.3. The SMILES string of the molecule is C=C(C)C(C)C(C(=O)NN[C@H](C(=O)N[C@@H](CCCNC(N)=O)C(=O)Nc1ccc(COC(=O)N(C)[C@H](C(=O)N[C@H](C(=O)N(C)[C@@H]([C@@H](C)CC)[C@@H](CC(N)=O)OC)C(C)C)C(C)C)cc1)C(C)C)C(C)C. The number of methoxy groups -OCH3 is 1. The number of benzene rings is 1. The van der Waals surface area contributed by atoms with Crippen molar-refractivity contribution in [3.63, 3.8) is 0 Å². The number of carbonyl (C=O) groups excluding carboxylic acids is 8. The molecule has 1 aromatic carbocycles. The Hall–Kier alpha value is -5.76. The van der Waals surface area contributed by atoms with Gasteiger partial charge in [0.15, 0.2) is 0 Å². The number of nitrogens with two attached hydrogens (primary N) is 2. The second-order valence-electron chi connectivity index (χ2n) is 19.8. The highest BCUT2D eigenvalue weighted by Gasteiger charge is 2.40. The standard InChI is InChI=1S/C50H86N10O10/c1-17-32(12)43(37(69-16)25-38(51)61)59(14)48(66)41(30(8)9)56-47(65)42(31(10)11)60(15)50(68)70-26-34-20-22-35(23-21-34)54-44(62)36(19-18-24-53-49(52)67)55-46(64)40(29(6)7)57-58-45(63)39(28(4)5)33(13)27(2)3/h20-23,28-33,36-37,39-43,57H,2,17-19,24-26H2,1,3-16H3,(H2,51,61)(H,54,62)(H,55,64)(H,56,65)(H,58,63)(H3,52,53,67)/t32-,33?,36-,37+,39?,40-,41-,42-,43-/m0/s1. The second kappa shape index (κ2) is 30.1. The van der Waals surface area contributed by atoms with Gasteiger partial charge in [-0.05, 0) is 73.0 Å². The van der Waals surface area contributed by atoms with Crippen LogP contribution in [0.5, 0.6) is 0 Å². The molecule has 0 spiro atoms. The molecule has 9 atom stereocenters. The van der Waals surface area contributed by atoms with Crippen LogP contribution in [0, 0.1) is 41.4 Å². The number of hydrogen-bond donors (Lipinski definition) is 8. The summed E-state index contributed by atoms with van der Waals surface area (Å²) < 4.78 is 11.2. The number of amides is 9. The summed E-state index contributed by atoms with van der Waals surface area (Å²) in [6, 6.07) is 1.28. The van der Waals surface area contributed by atoms with E-state index in [4.69, 9.17) is 20.9 Å². The summed E-state index contributed by atoms with van der Waals surface area (Å²) >= 11 is 0. The Bertz CT molecular complexity index is 1910. The van der Waals surface area contributed by atoms with Crippen molar-refractivity contribution in [2.45, 2.75) is 152 Å². The van der Waals surface area contributed by atoms with Gasteiger partial charge < -0.3 is 47.1 Å². The molecule has 0 aliphatic heterocycles. The number of hydrazine groups is 1. The lowest BCUT2D eigenvalue weighted by Crippen LogP contribution is -2.60. The Morgan fingerprint density at radius 2 is 1.33 bits per heavy atom. The van der Waals surface area contributed by atoms with E-state index < -0.39 is 78.0 Å². The third-order valence-corrected chi connectivity index (χ3v) is 12.8. The Balaban J connectivity index is 3.16. The van der Waals surface area contributed by atoms with Crippen molar-refractivity contribution >= 4 is 53.3 Å². The van der Waals surface area contributed by atoms with Crippen molar-refractivity contribution in [2.24, 2.45) is 52.9 Å². The maximum absolute atomic E-state index is 14.1. The Morgan fingerprint density at radius 1 is 0.743 bits per heavy atom. The van der Waals surface area contributed by atoms with Crippen molar-refractivity contribution in [1.82, 2.24) is 36.6 Å². The van der Waals surface area contributed by atoms with Gasteiger partial charge in [0, 0.05) is 39.4 Å². The molecule has 0 aromatic heterocycles. The monoisotopic (exact) mass is 987 g/mol. The van der Waals surface area contributed by atoms with E-state index in [1.165, 1.54) is 24.0 Å². The molecule has 70 heavy (non-hydrogen) atoms. The lowest BCUT2D eigenvalue weighted by atomic mass is 9.80. The molecule has 0 saturated carbocycles. The van der Waals surface area contributed by atoms with E-state index >= 15 is 0 Å². The zero-order valence-electron chi connectivity index (χ0n) is 44.4. The predicted octanol–water partition coefficient (Wildman–Crippen LogP) is 4.19. The normalized spacial score (nSPS) is 15.3. The van der Waals surface area contributed by atoms with Crippen LogP contribution < -0.4 is 43.6 Å². The number of nitrogens with zero attached hydrogens (tertiary/aromatic N) is 2. The van der Waals surface area contributed by atoms with Gasteiger partial charge in [-0.2, -0.15) is 0 Å². The number of hydrogen-bond acceptors (Lipinski definition) is 11. The third kappa shape index (κ3) is 19.6. The van der Waals surface area contributed by atoms with E-state index in [1.54, 1.807) is 72.9 Å². The number of primary amides is 2. The van der Waals surface area contributed by atoms with Gasteiger partial charge >= 0.3 is 12.1 Å². The first-order valence-corrected chi connectivity index (χ1v) is 24.3. The number of ether oxygens (including phenoxy) is 2. The fraction of sp³-hybridized carbons (Fsp3) is 0.680. The molecule has 20 heteroatoms. The van der Waals surface area contributed by atoms with Crippen LogP contribution in [0.4, 0.5) is 15.3 Å². The van der Waals surface area contributed by atoms with E-state index in [-0.39, 0.29) is 73.3 Å². The molecular formula is C50H86N10O10. The van der Waals surface area contributed by atoms with Crippen molar-refractivity contribution in [3.8, 4) is 0 Å². The zero-order chi connectivity index (χ0) is 53.7. The van der Waals surface area contributed by atoms with Crippen molar-refractivity contribution < 1.29 is 47.8 Å². The molecule has 396 valence electrons. The van der Waals surface area contributed by atoms with Crippen LogP contribution in [0.25, 0.3) is 0 Å². The van der Waals surface area contributed by atoms with Gasteiger partial charge in [-0.3, -0.25) is 39.1 Å². The largest absolute Gasteiger partial charge is 0.445 e. The number of rotatable bonds is 30. The molecular weight excluding hydrogens is 901 g/mol. The summed E-state index contributed by atoms with van der Waals surface area (Å²) in [7, 11) is 4.52. The molecule has 1 aromatic rings. The molecule has 1 rings (SSSR count). The van der Waals surface area contributed by atoms with Crippen LogP contribution in [0.2, 0.25) is 0 Å². The molecule has 0 radical (unpaired) electrons. The van der Waals surface area contributed by atoms with E-state index in [1.807, 2.05) is 41.5 Å². The molecule has 0 aliphatic rings. The quantitative estimate of drug-likeness (QED) is 0.0307. The van der Waals surface area contributed by atoms with Gasteiger partial charge in [0.2, 0.25) is 35.4 Å². The maximum Gasteiger partial charge on any atom is 0.410 e. The highest BCUT2D eigenvalue weighted by molar-refractivity contribution is 5.98. The first-order valence-electron chi connectivity index (χ1n) is 24.3. The lowest BCUT2D eigenvalue weighted by Gasteiger charge is -2.40. The van der Waals surface area contributed by atoms with E-state index in [9.17, 15) is 38.4 Å². The Morgan fingerprint density at radius 3 is 1.80 bits per heavy atom. The minimum absolute atomic E-state index is 0.00429. The van der Waals surface area contributed by atoms with Gasteiger partial charge in [0.05, 0.1) is 18.6 Å². The summed E-state index contributed by atoms with van der Waals surface area (Å²) in [6.45, 7) is 26.3. The number of carbonyl (C=O) groups is 8. The highest BCUT2D eigenvalue weighted by atomic mass is 16.6. The molecule has 0 heterocycles. The van der Waals surface area contributed by atoms with Gasteiger partial charge in [-0.1, -0.05) is 107 Å². The minimum atomic E-state index is -1.05. The number of likely N-dealkylation sites (N-methyl/N-ethyl adjacent to an activating group) is 2. The average molecular weight is 987 g/mol. The van der Waals surface area contributed by atoms with Gasteiger partial charge in [-0.25, -0.2) is 15.0 Å². The molecule has 20 nitrogen and oxygen atoms in total. The molecule has 0 bridgehead atoms. The molecule has 10 N–H and O–H groups in total. The first-order chi connectivity index (χ1) is 32.6. The number of allylic oxidation sites excluding steroid dienone is 1. The fourth-order valence-corrected chi connectivity index (χ4v) is 8.33. The summed E-state index contributed by atoms with van der Waals surface area (Å²) in [4.78, 5) is 108. The zero-order valence-corrected chi connectivity index (χ0v) is 44.4. The molecule has 0 saturated heterocycles. The molecule has 0 fully saturated rings. The van der Waals surface area contributed by atoms with E-state index in [0.29, 0.717) is 24.1 Å². The molecule has 0 aliphatic carbocycles. The highest BCUT2D eigenvalue weighted by Crippen LogP contribution is 2.27. The summed E-state index contributed by atoms with van der Waals surface area (Å²) in [5, 5.41) is 11.0. The number of anilines is 1. The van der Waals surface area contributed by atoms with Crippen molar-refractivity contribution in [2.75, 3.05) is 33.1 Å². The summed E-state index contributed by atoms with van der Waals surface area (Å²) in [5.74, 6) is -4.48. The van der Waals surface area contributed by atoms with Crippen molar-refractivity contribution in [1.29, 1.82) is 0 Å². The predicted molar refractivity (Wildman–Crippen MR) is 270 cm³/mol. The topological polar surface area (TPSA) is 286 Å². The van der Waals surface area contributed by atoms with Crippen LogP contribution in [-0.4, -0.2) is 121 Å². The van der Waals surface area contributed by atoms with E-state index in [2.05, 4.69) is 38.7 Å². The van der Waals surface area contributed by atoms with E-state index in [0.717, 1.165) is 5.57 Å². The van der Waals surface area contributed by atoms with Crippen LogP contribution in [0.15, 0.2) is 36.4 Å². The number of urea groups is 1. The summed E-state index contributed by atoms with van der Waals surface area (Å²) in [5.41, 5.74) is 18.1. The molecule has 2 unspecified atom stereocenters. The third-order valence-electron chi connectivity index (χ3n) is 12.8. The van der Waals surface area contributed by atoms with Crippen molar-refractivity contribution in [3.05, 3.63) is 42.0 Å².